The fraction of sp³-hybridized carbons (Fsp3) is 0.375. The Morgan fingerprint density at radius 1 is 1.13 bits per heavy atom. The van der Waals surface area contributed by atoms with Gasteiger partial charge in [-0.1, -0.05) is 38.1 Å². The molecule has 0 aliphatic carbocycles. The van der Waals surface area contributed by atoms with Gasteiger partial charge in [-0.05, 0) is 29.9 Å². The Labute approximate surface area is 185 Å². The van der Waals surface area contributed by atoms with Crippen molar-refractivity contribution in [2.45, 2.75) is 26.8 Å². The number of piperazine rings is 1. The molecule has 0 saturated carbocycles. The molecule has 1 aliphatic heterocycles. The van der Waals surface area contributed by atoms with Crippen molar-refractivity contribution < 1.29 is 4.79 Å². The molecule has 1 fully saturated rings. The molecule has 0 bridgehead atoms. The molecule has 0 atom stereocenters. The third kappa shape index (κ3) is 4.08. The maximum atomic E-state index is 13.3. The molecule has 3 heterocycles. The van der Waals surface area contributed by atoms with Gasteiger partial charge in [-0.3, -0.25) is 9.59 Å². The van der Waals surface area contributed by atoms with E-state index in [0.717, 1.165) is 22.2 Å². The zero-order valence-electron chi connectivity index (χ0n) is 17.9. The Bertz CT molecular complexity index is 1180. The van der Waals surface area contributed by atoms with Crippen molar-refractivity contribution in [2.24, 2.45) is 5.92 Å². The minimum absolute atomic E-state index is 0.0455. The summed E-state index contributed by atoms with van der Waals surface area (Å²) in [6.45, 7) is 7.15. The number of rotatable bonds is 5. The van der Waals surface area contributed by atoms with E-state index in [-0.39, 0.29) is 17.0 Å². The second-order valence-electron chi connectivity index (χ2n) is 8.25. The molecule has 1 aromatic carbocycles. The molecule has 4 rings (SSSR count). The van der Waals surface area contributed by atoms with Crippen LogP contribution in [0.25, 0.3) is 10.9 Å². The van der Waals surface area contributed by atoms with Crippen molar-refractivity contribution >= 4 is 33.8 Å². The van der Waals surface area contributed by atoms with Crippen LogP contribution in [0, 0.1) is 17.2 Å². The van der Waals surface area contributed by atoms with E-state index in [1.54, 1.807) is 4.57 Å². The smallest absolute Gasteiger partial charge is 0.271 e. The van der Waals surface area contributed by atoms with E-state index in [1.165, 1.54) is 11.3 Å². The number of fused-ring (bicyclic) bond motifs is 1. The zero-order valence-corrected chi connectivity index (χ0v) is 18.7. The van der Waals surface area contributed by atoms with Crippen LogP contribution in [0.2, 0.25) is 0 Å². The standard InChI is InChI=1S/C24H26N4O2S/c1-17(2)9-10-28-20-7-4-3-6-18(20)22(19(16-25)23(28)29)26-11-13-27(14-12-26)24(30)21-8-5-15-31-21/h3-8,15,17H,9-14H2,1-2H3. The molecule has 6 nitrogen and oxygen atoms in total. The number of aryl methyl sites for hydroxylation is 1. The molecule has 0 N–H and O–H groups in total. The van der Waals surface area contributed by atoms with Gasteiger partial charge in [0.2, 0.25) is 0 Å². The van der Waals surface area contributed by atoms with Crippen LogP contribution in [0.4, 0.5) is 5.69 Å². The highest BCUT2D eigenvalue weighted by Gasteiger charge is 2.27. The Morgan fingerprint density at radius 3 is 2.52 bits per heavy atom. The highest BCUT2D eigenvalue weighted by molar-refractivity contribution is 7.12. The molecule has 0 spiro atoms. The molecular weight excluding hydrogens is 408 g/mol. The maximum absolute atomic E-state index is 13.3. The molecule has 1 aliphatic rings. The van der Waals surface area contributed by atoms with Crippen molar-refractivity contribution in [3.05, 3.63) is 62.6 Å². The molecule has 0 radical (unpaired) electrons. The quantitative estimate of drug-likeness (QED) is 0.610. The van der Waals surface area contributed by atoms with Crippen LogP contribution in [0.1, 0.15) is 35.5 Å². The Morgan fingerprint density at radius 2 is 1.87 bits per heavy atom. The van der Waals surface area contributed by atoms with E-state index in [0.29, 0.717) is 44.3 Å². The topological polar surface area (TPSA) is 69.3 Å². The molecule has 2 aromatic heterocycles. The van der Waals surface area contributed by atoms with Gasteiger partial charge in [0.25, 0.3) is 11.5 Å². The van der Waals surface area contributed by atoms with E-state index in [2.05, 4.69) is 24.8 Å². The molecule has 3 aromatic rings. The normalized spacial score (nSPS) is 14.3. The molecular formula is C24H26N4O2S. The van der Waals surface area contributed by atoms with E-state index in [1.807, 2.05) is 46.7 Å². The first kappa shape index (κ1) is 21.1. The van der Waals surface area contributed by atoms with Crippen LogP contribution >= 0.6 is 11.3 Å². The van der Waals surface area contributed by atoms with Crippen molar-refractivity contribution in [2.75, 3.05) is 31.1 Å². The largest absolute Gasteiger partial charge is 0.366 e. The summed E-state index contributed by atoms with van der Waals surface area (Å²) in [4.78, 5) is 30.6. The van der Waals surface area contributed by atoms with Gasteiger partial charge in [-0.2, -0.15) is 5.26 Å². The number of thiophene rings is 1. The lowest BCUT2D eigenvalue weighted by Gasteiger charge is -2.37. The zero-order chi connectivity index (χ0) is 22.0. The van der Waals surface area contributed by atoms with Gasteiger partial charge >= 0.3 is 0 Å². The molecule has 1 saturated heterocycles. The number of anilines is 1. The van der Waals surface area contributed by atoms with Crippen LogP contribution in [0.3, 0.4) is 0 Å². The molecule has 160 valence electrons. The highest BCUT2D eigenvalue weighted by Crippen LogP contribution is 2.30. The average Bonchev–Trinajstić information content (AvgIpc) is 3.32. The number of para-hydroxylation sites is 1. The first-order valence-electron chi connectivity index (χ1n) is 10.6. The van der Waals surface area contributed by atoms with Crippen molar-refractivity contribution in [1.82, 2.24) is 9.47 Å². The minimum atomic E-state index is -0.228. The number of hydrogen-bond donors (Lipinski definition) is 0. The lowest BCUT2D eigenvalue weighted by molar-refractivity contribution is 0.0751. The number of aromatic nitrogens is 1. The van der Waals surface area contributed by atoms with Crippen LogP contribution in [-0.2, 0) is 6.54 Å². The predicted molar refractivity (Wildman–Crippen MR) is 125 cm³/mol. The maximum Gasteiger partial charge on any atom is 0.271 e. The minimum Gasteiger partial charge on any atom is -0.366 e. The molecule has 7 heteroatoms. The average molecular weight is 435 g/mol. The van der Waals surface area contributed by atoms with E-state index in [9.17, 15) is 14.9 Å². The summed E-state index contributed by atoms with van der Waals surface area (Å²) in [7, 11) is 0. The Kier molecular flexibility index (Phi) is 6.10. The Hall–Kier alpha value is -3.11. The summed E-state index contributed by atoms with van der Waals surface area (Å²) >= 11 is 1.45. The number of nitriles is 1. The molecule has 0 unspecified atom stereocenters. The fourth-order valence-electron chi connectivity index (χ4n) is 4.12. The van der Waals surface area contributed by atoms with Crippen LogP contribution in [-0.4, -0.2) is 41.6 Å². The molecule has 1 amide bonds. The van der Waals surface area contributed by atoms with E-state index >= 15 is 0 Å². The van der Waals surface area contributed by atoms with Gasteiger partial charge in [0.05, 0.1) is 16.1 Å². The molecule has 31 heavy (non-hydrogen) atoms. The monoisotopic (exact) mass is 434 g/mol. The first-order chi connectivity index (χ1) is 15.0. The summed E-state index contributed by atoms with van der Waals surface area (Å²) in [5, 5.41) is 12.7. The first-order valence-corrected chi connectivity index (χ1v) is 11.5. The van der Waals surface area contributed by atoms with Gasteiger partial charge in [-0.25, -0.2) is 0 Å². The van der Waals surface area contributed by atoms with Gasteiger partial charge in [0, 0.05) is 38.1 Å². The van der Waals surface area contributed by atoms with Gasteiger partial charge < -0.3 is 14.4 Å². The number of carbonyl (C=O) groups excluding carboxylic acids is 1. The number of benzene rings is 1. The third-order valence-electron chi connectivity index (χ3n) is 5.80. The number of nitrogens with zero attached hydrogens (tertiary/aromatic N) is 4. The van der Waals surface area contributed by atoms with Crippen LogP contribution < -0.4 is 10.5 Å². The summed E-state index contributed by atoms with van der Waals surface area (Å²) in [5.41, 5.74) is 1.53. The second-order valence-corrected chi connectivity index (χ2v) is 9.20. The number of carbonyl (C=O) groups is 1. The lowest BCUT2D eigenvalue weighted by atomic mass is 10.1. The number of amides is 1. The van der Waals surface area contributed by atoms with Crippen LogP contribution in [0.15, 0.2) is 46.6 Å². The number of pyridine rings is 1. The van der Waals surface area contributed by atoms with Gasteiger partial charge in [-0.15, -0.1) is 11.3 Å². The lowest BCUT2D eigenvalue weighted by Crippen LogP contribution is -2.49. The van der Waals surface area contributed by atoms with Gasteiger partial charge in [0.15, 0.2) is 0 Å². The van der Waals surface area contributed by atoms with Crippen LogP contribution in [0.5, 0.6) is 0 Å². The van der Waals surface area contributed by atoms with Crippen molar-refractivity contribution in [3.8, 4) is 6.07 Å². The van der Waals surface area contributed by atoms with Crippen molar-refractivity contribution in [1.29, 1.82) is 5.26 Å². The summed E-state index contributed by atoms with van der Waals surface area (Å²) in [6, 6.07) is 13.7. The SMILES string of the molecule is CC(C)CCn1c(=O)c(C#N)c(N2CCN(C(=O)c3cccs3)CC2)c2ccccc21. The second kappa shape index (κ2) is 8.94. The Balaban J connectivity index is 1.68. The van der Waals surface area contributed by atoms with E-state index < -0.39 is 0 Å². The van der Waals surface area contributed by atoms with Gasteiger partial charge in [0.1, 0.15) is 11.6 Å². The summed E-state index contributed by atoms with van der Waals surface area (Å²) in [5.74, 6) is 0.508. The summed E-state index contributed by atoms with van der Waals surface area (Å²) < 4.78 is 1.74. The number of hydrogen-bond acceptors (Lipinski definition) is 5. The third-order valence-corrected chi connectivity index (χ3v) is 6.66. The van der Waals surface area contributed by atoms with Crippen molar-refractivity contribution in [3.63, 3.8) is 0 Å². The predicted octanol–water partition coefficient (Wildman–Crippen LogP) is 3.94. The fourth-order valence-corrected chi connectivity index (χ4v) is 4.81. The van der Waals surface area contributed by atoms with E-state index in [4.69, 9.17) is 0 Å². The highest BCUT2D eigenvalue weighted by atomic mass is 32.1. The summed E-state index contributed by atoms with van der Waals surface area (Å²) in [6.07, 6.45) is 0.873.